The molecule has 1 aliphatic heterocycles. The zero-order chi connectivity index (χ0) is 11.5. The van der Waals surface area contributed by atoms with E-state index in [9.17, 15) is 9.59 Å². The second kappa shape index (κ2) is 6.21. The van der Waals surface area contributed by atoms with Crippen LogP contribution in [0.2, 0.25) is 0 Å². The summed E-state index contributed by atoms with van der Waals surface area (Å²) in [7, 11) is 1.75. The van der Waals surface area contributed by atoms with Crippen molar-refractivity contribution in [2.24, 2.45) is 0 Å². The lowest BCUT2D eigenvalue weighted by Gasteiger charge is -2.43. The molecule has 1 heterocycles. The highest BCUT2D eigenvalue weighted by molar-refractivity contribution is 5.87. The minimum absolute atomic E-state index is 0. The van der Waals surface area contributed by atoms with E-state index >= 15 is 0 Å². The van der Waals surface area contributed by atoms with Crippen molar-refractivity contribution >= 4 is 24.2 Å². The van der Waals surface area contributed by atoms with Crippen molar-refractivity contribution in [3.05, 3.63) is 0 Å². The molecule has 2 rings (SSSR count). The lowest BCUT2D eigenvalue weighted by atomic mass is 9.87. The number of hydrogen-bond acceptors (Lipinski definition) is 3. The van der Waals surface area contributed by atoms with Crippen molar-refractivity contribution in [1.82, 2.24) is 15.5 Å². The van der Waals surface area contributed by atoms with E-state index in [1.807, 2.05) is 0 Å². The normalized spacial score (nSPS) is 27.8. The van der Waals surface area contributed by atoms with Crippen LogP contribution >= 0.6 is 12.4 Å². The average Bonchev–Trinajstić information content (AvgIpc) is 2.28. The van der Waals surface area contributed by atoms with Crippen LogP contribution in [0.25, 0.3) is 0 Å². The SMILES string of the molecule is CNCC(=O)N1CC(=O)NC2CCCCC21.Cl. The summed E-state index contributed by atoms with van der Waals surface area (Å²) in [5, 5.41) is 5.84. The predicted molar refractivity (Wildman–Crippen MR) is 67.1 cm³/mol. The average molecular weight is 262 g/mol. The number of nitrogens with one attached hydrogen (secondary N) is 2. The summed E-state index contributed by atoms with van der Waals surface area (Å²) in [6, 6.07) is 0.392. The number of nitrogens with zero attached hydrogens (tertiary/aromatic N) is 1. The fraction of sp³-hybridized carbons (Fsp3) is 0.818. The Morgan fingerprint density at radius 1 is 1.47 bits per heavy atom. The Morgan fingerprint density at radius 2 is 2.18 bits per heavy atom. The van der Waals surface area contributed by atoms with Gasteiger partial charge < -0.3 is 15.5 Å². The number of carbonyl (C=O) groups excluding carboxylic acids is 2. The van der Waals surface area contributed by atoms with Crippen LogP contribution in [0.3, 0.4) is 0 Å². The van der Waals surface area contributed by atoms with Gasteiger partial charge in [-0.2, -0.15) is 0 Å². The summed E-state index contributed by atoms with van der Waals surface area (Å²) >= 11 is 0. The number of hydrogen-bond donors (Lipinski definition) is 2. The first-order chi connectivity index (χ1) is 7.72. The van der Waals surface area contributed by atoms with Gasteiger partial charge in [-0.25, -0.2) is 0 Å². The third-order valence-electron chi connectivity index (χ3n) is 3.44. The fourth-order valence-electron chi connectivity index (χ4n) is 2.70. The van der Waals surface area contributed by atoms with Gasteiger partial charge in [0.25, 0.3) is 0 Å². The molecule has 0 aromatic carbocycles. The molecule has 2 amide bonds. The Bertz CT molecular complexity index is 298. The molecule has 98 valence electrons. The molecule has 2 fully saturated rings. The van der Waals surface area contributed by atoms with Crippen LogP contribution in [0, 0.1) is 0 Å². The Hall–Kier alpha value is -0.810. The van der Waals surface area contributed by atoms with Gasteiger partial charge in [0.1, 0.15) is 0 Å². The first-order valence-corrected chi connectivity index (χ1v) is 5.96. The number of carbonyl (C=O) groups is 2. The summed E-state index contributed by atoms with van der Waals surface area (Å²) in [4.78, 5) is 25.1. The molecule has 1 saturated heterocycles. The highest BCUT2D eigenvalue weighted by atomic mass is 35.5. The predicted octanol–water partition coefficient (Wildman–Crippen LogP) is -0.103. The van der Waals surface area contributed by atoms with Crippen LogP contribution in [-0.4, -0.2) is 48.9 Å². The largest absolute Gasteiger partial charge is 0.350 e. The summed E-state index contributed by atoms with van der Waals surface area (Å²) < 4.78 is 0. The number of fused-ring (bicyclic) bond motifs is 1. The third-order valence-corrected chi connectivity index (χ3v) is 3.44. The monoisotopic (exact) mass is 261 g/mol. The second-order valence-corrected chi connectivity index (χ2v) is 4.58. The molecule has 2 N–H and O–H groups in total. The van der Waals surface area contributed by atoms with Crippen molar-refractivity contribution < 1.29 is 9.59 Å². The maximum atomic E-state index is 11.9. The van der Waals surface area contributed by atoms with Crippen LogP contribution in [-0.2, 0) is 9.59 Å². The minimum atomic E-state index is -0.0207. The van der Waals surface area contributed by atoms with Crippen molar-refractivity contribution in [1.29, 1.82) is 0 Å². The third kappa shape index (κ3) is 3.10. The number of likely N-dealkylation sites (N-methyl/N-ethyl adjacent to an activating group) is 1. The van der Waals surface area contributed by atoms with Gasteiger partial charge in [-0.1, -0.05) is 12.8 Å². The summed E-state index contributed by atoms with van der Waals surface area (Å²) in [5.74, 6) is 0.0156. The topological polar surface area (TPSA) is 61.4 Å². The van der Waals surface area contributed by atoms with Crippen LogP contribution in [0.4, 0.5) is 0 Å². The smallest absolute Gasteiger partial charge is 0.239 e. The van der Waals surface area contributed by atoms with E-state index in [0.29, 0.717) is 6.54 Å². The Kier molecular flexibility index (Phi) is 5.21. The molecule has 0 aromatic rings. The molecule has 1 saturated carbocycles. The van der Waals surface area contributed by atoms with Gasteiger partial charge in [-0.05, 0) is 19.9 Å². The van der Waals surface area contributed by atoms with Gasteiger partial charge in [-0.15, -0.1) is 12.4 Å². The van der Waals surface area contributed by atoms with Crippen LogP contribution in [0.5, 0.6) is 0 Å². The van der Waals surface area contributed by atoms with E-state index < -0.39 is 0 Å². The molecule has 2 unspecified atom stereocenters. The summed E-state index contributed by atoms with van der Waals surface area (Å²) in [5.41, 5.74) is 0. The molecule has 1 aliphatic carbocycles. The van der Waals surface area contributed by atoms with Gasteiger partial charge in [0, 0.05) is 6.04 Å². The molecular weight excluding hydrogens is 242 g/mol. The maximum absolute atomic E-state index is 11.9. The number of piperazine rings is 1. The number of rotatable bonds is 2. The number of amides is 2. The molecule has 0 aromatic heterocycles. The van der Waals surface area contributed by atoms with Crippen molar-refractivity contribution in [3.8, 4) is 0 Å². The van der Waals surface area contributed by atoms with E-state index in [0.717, 1.165) is 25.7 Å². The quantitative estimate of drug-likeness (QED) is 0.730. The van der Waals surface area contributed by atoms with E-state index in [-0.39, 0.29) is 42.8 Å². The minimum Gasteiger partial charge on any atom is -0.350 e. The zero-order valence-corrected chi connectivity index (χ0v) is 10.9. The molecule has 6 heteroatoms. The molecule has 17 heavy (non-hydrogen) atoms. The lowest BCUT2D eigenvalue weighted by Crippen LogP contribution is -2.63. The van der Waals surface area contributed by atoms with Crippen LogP contribution < -0.4 is 10.6 Å². The van der Waals surface area contributed by atoms with Gasteiger partial charge in [-0.3, -0.25) is 9.59 Å². The van der Waals surface area contributed by atoms with Crippen molar-refractivity contribution in [3.63, 3.8) is 0 Å². The second-order valence-electron chi connectivity index (χ2n) is 4.58. The molecule has 0 radical (unpaired) electrons. The van der Waals surface area contributed by atoms with Crippen LogP contribution in [0.15, 0.2) is 0 Å². The maximum Gasteiger partial charge on any atom is 0.239 e. The molecule has 5 nitrogen and oxygen atoms in total. The molecular formula is C11H20ClN3O2. The van der Waals surface area contributed by atoms with E-state index in [2.05, 4.69) is 10.6 Å². The summed E-state index contributed by atoms with van der Waals surface area (Å²) in [6.45, 7) is 0.540. The number of halogens is 1. The van der Waals surface area contributed by atoms with Crippen LogP contribution in [0.1, 0.15) is 25.7 Å². The Balaban J connectivity index is 0.00000144. The zero-order valence-electron chi connectivity index (χ0n) is 10.1. The molecule has 0 bridgehead atoms. The molecule has 2 aliphatic rings. The summed E-state index contributed by atoms with van der Waals surface area (Å²) in [6.07, 6.45) is 4.32. The Morgan fingerprint density at radius 3 is 2.88 bits per heavy atom. The first kappa shape index (κ1) is 14.3. The van der Waals surface area contributed by atoms with Gasteiger partial charge in [0.05, 0.1) is 19.1 Å². The first-order valence-electron chi connectivity index (χ1n) is 5.96. The molecule has 0 spiro atoms. The fourth-order valence-corrected chi connectivity index (χ4v) is 2.70. The van der Waals surface area contributed by atoms with E-state index in [1.165, 1.54) is 0 Å². The van der Waals surface area contributed by atoms with Gasteiger partial charge in [0.2, 0.25) is 11.8 Å². The van der Waals surface area contributed by atoms with E-state index in [1.54, 1.807) is 11.9 Å². The standard InChI is InChI=1S/C11H19N3O2.ClH/c1-12-6-11(16)14-7-10(15)13-8-4-2-3-5-9(8)14;/h8-9,12H,2-7H2,1H3,(H,13,15);1H. The van der Waals surface area contributed by atoms with E-state index in [4.69, 9.17) is 0 Å². The highest BCUT2D eigenvalue weighted by Crippen LogP contribution is 2.25. The Labute approximate surface area is 108 Å². The lowest BCUT2D eigenvalue weighted by molar-refractivity contribution is -0.143. The molecule has 2 atom stereocenters. The van der Waals surface area contributed by atoms with Gasteiger partial charge in [0.15, 0.2) is 0 Å². The van der Waals surface area contributed by atoms with Crippen molar-refractivity contribution in [2.75, 3.05) is 20.1 Å². The van der Waals surface area contributed by atoms with Crippen molar-refractivity contribution in [2.45, 2.75) is 37.8 Å². The van der Waals surface area contributed by atoms with Gasteiger partial charge >= 0.3 is 0 Å². The highest BCUT2D eigenvalue weighted by Gasteiger charge is 2.38.